The maximum atomic E-state index is 12.4. The molecule has 3 aromatic rings. The van der Waals surface area contributed by atoms with Gasteiger partial charge in [0.1, 0.15) is 12.4 Å². The zero-order valence-electron chi connectivity index (χ0n) is 15.5. The number of hydrogen-bond acceptors (Lipinski definition) is 4. The first kappa shape index (κ1) is 18.2. The molecule has 2 aromatic heterocycles. The lowest BCUT2D eigenvalue weighted by atomic mass is 10.1. The van der Waals surface area contributed by atoms with Crippen LogP contribution in [-0.4, -0.2) is 15.7 Å². The highest BCUT2D eigenvalue weighted by Crippen LogP contribution is 2.22. The zero-order chi connectivity index (χ0) is 18.7. The highest BCUT2D eigenvalue weighted by atomic mass is 32.1. The summed E-state index contributed by atoms with van der Waals surface area (Å²) in [5, 5.41) is 9.17. The summed E-state index contributed by atoms with van der Waals surface area (Å²) in [6, 6.07) is 9.89. The van der Waals surface area contributed by atoms with E-state index >= 15 is 0 Å². The number of ether oxygens (including phenoxy) is 1. The Balaban J connectivity index is 1.63. The normalized spacial score (nSPS) is 10.8. The van der Waals surface area contributed by atoms with Crippen LogP contribution in [0.15, 0.2) is 35.7 Å². The highest BCUT2D eigenvalue weighted by Gasteiger charge is 2.12. The van der Waals surface area contributed by atoms with Crippen molar-refractivity contribution in [3.63, 3.8) is 0 Å². The van der Waals surface area contributed by atoms with Crippen LogP contribution in [-0.2, 0) is 13.2 Å². The number of rotatable bonds is 6. The molecular weight excluding hydrogens is 346 g/mol. The van der Waals surface area contributed by atoms with Crippen LogP contribution in [0.1, 0.15) is 39.0 Å². The van der Waals surface area contributed by atoms with E-state index in [1.165, 1.54) is 11.3 Å². The summed E-state index contributed by atoms with van der Waals surface area (Å²) in [5.41, 5.74) is 4.27. The van der Waals surface area contributed by atoms with Crippen molar-refractivity contribution in [2.24, 2.45) is 0 Å². The smallest absolute Gasteiger partial charge is 0.266 e. The lowest BCUT2D eigenvalue weighted by molar-refractivity contribution is 0.103. The molecule has 0 atom stereocenters. The topological polar surface area (TPSA) is 56.2 Å². The largest absolute Gasteiger partial charge is 0.489 e. The maximum Gasteiger partial charge on any atom is 0.266 e. The van der Waals surface area contributed by atoms with E-state index in [-0.39, 0.29) is 5.91 Å². The van der Waals surface area contributed by atoms with Crippen molar-refractivity contribution in [1.29, 1.82) is 0 Å². The van der Waals surface area contributed by atoms with Gasteiger partial charge in [0, 0.05) is 23.9 Å². The Bertz CT molecular complexity index is 927. The minimum Gasteiger partial charge on any atom is -0.489 e. The van der Waals surface area contributed by atoms with Crippen molar-refractivity contribution in [3.8, 4) is 5.75 Å². The maximum absolute atomic E-state index is 12.4. The number of anilines is 1. The summed E-state index contributed by atoms with van der Waals surface area (Å²) >= 11 is 1.41. The van der Waals surface area contributed by atoms with E-state index in [1.807, 2.05) is 56.0 Å². The Hall–Kier alpha value is -2.60. The van der Waals surface area contributed by atoms with Crippen molar-refractivity contribution in [1.82, 2.24) is 9.78 Å². The van der Waals surface area contributed by atoms with Gasteiger partial charge in [-0.15, -0.1) is 11.3 Å². The third kappa shape index (κ3) is 4.14. The summed E-state index contributed by atoms with van der Waals surface area (Å²) in [7, 11) is 0. The van der Waals surface area contributed by atoms with Gasteiger partial charge in [0.15, 0.2) is 5.82 Å². The number of aryl methyl sites for hydroxylation is 4. The third-order valence-electron chi connectivity index (χ3n) is 4.14. The predicted molar refractivity (Wildman–Crippen MR) is 105 cm³/mol. The molecule has 0 unspecified atom stereocenters. The van der Waals surface area contributed by atoms with Crippen molar-refractivity contribution in [2.75, 3.05) is 5.32 Å². The molecule has 1 N–H and O–H groups in total. The Kier molecular flexibility index (Phi) is 5.42. The third-order valence-corrected chi connectivity index (χ3v) is 5.12. The second-order valence-electron chi connectivity index (χ2n) is 6.32. The highest BCUT2D eigenvalue weighted by molar-refractivity contribution is 7.12. The van der Waals surface area contributed by atoms with Crippen LogP contribution in [0.5, 0.6) is 5.75 Å². The van der Waals surface area contributed by atoms with Crippen LogP contribution in [0.3, 0.4) is 0 Å². The van der Waals surface area contributed by atoms with E-state index in [2.05, 4.69) is 22.5 Å². The Morgan fingerprint density at radius 2 is 2.04 bits per heavy atom. The first-order chi connectivity index (χ1) is 12.5. The molecule has 5 nitrogen and oxygen atoms in total. The summed E-state index contributed by atoms with van der Waals surface area (Å²) in [5.74, 6) is 1.31. The molecule has 1 aromatic carbocycles. The molecule has 0 aliphatic heterocycles. The fraction of sp³-hybridized carbons (Fsp3) is 0.300. The molecule has 0 saturated carbocycles. The van der Waals surface area contributed by atoms with Gasteiger partial charge in [-0.1, -0.05) is 12.1 Å². The molecule has 0 bridgehead atoms. The van der Waals surface area contributed by atoms with Gasteiger partial charge in [-0.2, -0.15) is 5.10 Å². The Morgan fingerprint density at radius 1 is 1.23 bits per heavy atom. The molecule has 2 heterocycles. The first-order valence-corrected chi connectivity index (χ1v) is 9.47. The summed E-state index contributed by atoms with van der Waals surface area (Å²) in [6.45, 7) is 9.28. The number of carbonyl (C=O) groups excluding carboxylic acids is 1. The number of carbonyl (C=O) groups is 1. The van der Waals surface area contributed by atoms with Crippen molar-refractivity contribution < 1.29 is 9.53 Å². The molecule has 0 aliphatic carbocycles. The van der Waals surface area contributed by atoms with Gasteiger partial charge in [0.2, 0.25) is 0 Å². The minimum absolute atomic E-state index is 0.145. The number of benzene rings is 1. The first-order valence-electron chi connectivity index (χ1n) is 8.59. The summed E-state index contributed by atoms with van der Waals surface area (Å²) < 4.78 is 7.76. The molecule has 136 valence electrons. The number of nitrogens with zero attached hydrogens (tertiary/aromatic N) is 2. The lowest BCUT2D eigenvalue weighted by Crippen LogP contribution is -2.11. The van der Waals surface area contributed by atoms with E-state index in [0.717, 1.165) is 34.7 Å². The average molecular weight is 369 g/mol. The second kappa shape index (κ2) is 7.74. The molecule has 0 spiro atoms. The molecule has 26 heavy (non-hydrogen) atoms. The Labute approximate surface area is 157 Å². The summed E-state index contributed by atoms with van der Waals surface area (Å²) in [4.78, 5) is 13.1. The van der Waals surface area contributed by atoms with E-state index in [1.54, 1.807) is 0 Å². The van der Waals surface area contributed by atoms with Gasteiger partial charge >= 0.3 is 0 Å². The second-order valence-corrected chi connectivity index (χ2v) is 7.23. The van der Waals surface area contributed by atoms with Crippen molar-refractivity contribution in [2.45, 2.75) is 40.8 Å². The van der Waals surface area contributed by atoms with Crippen molar-refractivity contribution in [3.05, 3.63) is 63.0 Å². The molecule has 1 amide bonds. The van der Waals surface area contributed by atoms with E-state index < -0.39 is 0 Å². The molecule has 6 heteroatoms. The molecule has 0 fully saturated rings. The van der Waals surface area contributed by atoms with Crippen LogP contribution in [0.25, 0.3) is 0 Å². The van der Waals surface area contributed by atoms with Gasteiger partial charge in [0.25, 0.3) is 5.91 Å². The quantitative estimate of drug-likeness (QED) is 0.684. The number of aromatic nitrogens is 2. The van der Waals surface area contributed by atoms with E-state index in [9.17, 15) is 4.79 Å². The molecule has 3 rings (SSSR count). The minimum atomic E-state index is -0.145. The number of nitrogens with one attached hydrogen (secondary N) is 1. The SMILES string of the molecule is CCn1nc(NC(=O)c2cc(COc3cc(C)ccc3C)cs2)cc1C. The molecule has 0 aliphatic rings. The average Bonchev–Trinajstić information content (AvgIpc) is 3.22. The number of hydrogen-bond donors (Lipinski definition) is 1. The van der Waals surface area contributed by atoms with Gasteiger partial charge in [0.05, 0.1) is 4.88 Å². The number of thiophene rings is 1. The fourth-order valence-electron chi connectivity index (χ4n) is 2.66. The standard InChI is InChI=1S/C20H23N3O2S/c1-5-23-15(4)9-19(22-23)21-20(24)18-10-16(12-26-18)11-25-17-8-13(2)6-7-14(17)3/h6-10,12H,5,11H2,1-4H3,(H,21,22,24). The van der Waals surface area contributed by atoms with E-state index in [4.69, 9.17) is 4.74 Å². The number of amides is 1. The summed E-state index contributed by atoms with van der Waals surface area (Å²) in [6.07, 6.45) is 0. The molecule has 0 radical (unpaired) electrons. The van der Waals surface area contributed by atoms with Crippen LogP contribution in [0.2, 0.25) is 0 Å². The van der Waals surface area contributed by atoms with E-state index in [0.29, 0.717) is 17.3 Å². The molecule has 0 saturated heterocycles. The molecular formula is C20H23N3O2S. The van der Waals surface area contributed by atoms with Crippen molar-refractivity contribution >= 4 is 23.1 Å². The van der Waals surface area contributed by atoms with Gasteiger partial charge < -0.3 is 10.1 Å². The van der Waals surface area contributed by atoms with Crippen LogP contribution in [0, 0.1) is 20.8 Å². The zero-order valence-corrected chi connectivity index (χ0v) is 16.3. The van der Waals surface area contributed by atoms with Crippen LogP contribution < -0.4 is 10.1 Å². The predicted octanol–water partition coefficient (Wildman–Crippen LogP) is 4.72. The van der Waals surface area contributed by atoms with Gasteiger partial charge in [-0.05, 0) is 56.3 Å². The fourth-order valence-corrected chi connectivity index (χ4v) is 3.46. The monoisotopic (exact) mass is 369 g/mol. The lowest BCUT2D eigenvalue weighted by Gasteiger charge is -2.08. The van der Waals surface area contributed by atoms with Crippen LogP contribution >= 0.6 is 11.3 Å². The van der Waals surface area contributed by atoms with Gasteiger partial charge in [-0.3, -0.25) is 9.48 Å². The van der Waals surface area contributed by atoms with Crippen LogP contribution in [0.4, 0.5) is 5.82 Å². The van der Waals surface area contributed by atoms with Gasteiger partial charge in [-0.25, -0.2) is 0 Å². The Morgan fingerprint density at radius 3 is 2.77 bits per heavy atom.